The van der Waals surface area contributed by atoms with E-state index in [1.54, 1.807) is 0 Å². The maximum Gasteiger partial charge on any atom is 0.163 e. The van der Waals surface area contributed by atoms with E-state index in [-0.39, 0.29) is 11.5 Å². The van der Waals surface area contributed by atoms with Gasteiger partial charge in [0.2, 0.25) is 0 Å². The Balaban J connectivity index is 2.17. The lowest BCUT2D eigenvalue weighted by Gasteiger charge is -1.98. The van der Waals surface area contributed by atoms with Gasteiger partial charge in [-0.05, 0) is 26.0 Å². The lowest BCUT2D eigenvalue weighted by molar-refractivity contribution is 0.410. The molecule has 1 fully saturated rings. The zero-order chi connectivity index (χ0) is 9.42. The number of hydrogen-bond donors (Lipinski definition) is 0. The third-order valence-corrected chi connectivity index (χ3v) is 3.77. The lowest BCUT2D eigenvalue weighted by atomic mass is 10.2. The van der Waals surface area contributed by atoms with Crippen LogP contribution >= 0.6 is 0 Å². The van der Waals surface area contributed by atoms with Crippen LogP contribution in [0.25, 0.3) is 0 Å². The summed E-state index contributed by atoms with van der Waals surface area (Å²) in [5, 5.41) is 0. The molecule has 0 aromatic heterocycles. The average Bonchev–Trinajstić information content (AvgIpc) is 2.83. The van der Waals surface area contributed by atoms with Gasteiger partial charge in [0.15, 0.2) is 5.44 Å². The van der Waals surface area contributed by atoms with E-state index in [0.717, 1.165) is 4.90 Å². The van der Waals surface area contributed by atoms with Gasteiger partial charge >= 0.3 is 0 Å². The van der Waals surface area contributed by atoms with Crippen LogP contribution in [-0.2, 0) is 15.5 Å². The summed E-state index contributed by atoms with van der Waals surface area (Å²) in [6, 6.07) is 7.75. The monoisotopic (exact) mass is 196 g/mol. The van der Waals surface area contributed by atoms with Gasteiger partial charge in [0.25, 0.3) is 0 Å². The van der Waals surface area contributed by atoms with Crippen molar-refractivity contribution in [2.45, 2.75) is 30.3 Å². The third kappa shape index (κ3) is 1.81. The smallest absolute Gasteiger partial charge is 0.163 e. The second-order valence-electron chi connectivity index (χ2n) is 3.32. The van der Waals surface area contributed by atoms with Crippen LogP contribution in [0.3, 0.4) is 0 Å². The van der Waals surface area contributed by atoms with Crippen LogP contribution in [0.2, 0.25) is 0 Å². The van der Waals surface area contributed by atoms with Crippen LogP contribution in [-0.4, -0.2) is 15.7 Å². The van der Waals surface area contributed by atoms with Crippen molar-refractivity contribution in [3.8, 4) is 0 Å². The number of hydrogen-bond acceptors (Lipinski definition) is 2. The summed E-state index contributed by atoms with van der Waals surface area (Å²) in [7, 11) is -0.985. The number of benzene rings is 1. The second-order valence-corrected chi connectivity index (χ2v) is 4.85. The van der Waals surface area contributed by atoms with E-state index in [4.69, 9.17) is 4.74 Å². The maximum atomic E-state index is 11.7. The van der Waals surface area contributed by atoms with Gasteiger partial charge in [-0.2, -0.15) is 0 Å². The topological polar surface area (TPSA) is 29.6 Å². The fourth-order valence-corrected chi connectivity index (χ4v) is 2.49. The van der Waals surface area contributed by atoms with Crippen molar-refractivity contribution in [2.24, 2.45) is 0 Å². The predicted molar refractivity (Wildman–Crippen MR) is 51.9 cm³/mol. The Kier molecular flexibility index (Phi) is 2.22. The van der Waals surface area contributed by atoms with Crippen molar-refractivity contribution < 1.29 is 8.95 Å². The van der Waals surface area contributed by atoms with Gasteiger partial charge < -0.3 is 4.74 Å². The Morgan fingerprint density at radius 1 is 1.31 bits per heavy atom. The molecule has 13 heavy (non-hydrogen) atoms. The largest absolute Gasteiger partial charge is 0.355 e. The van der Waals surface area contributed by atoms with Gasteiger partial charge in [-0.3, -0.25) is 4.21 Å². The number of aryl methyl sites for hydroxylation is 1. The summed E-state index contributed by atoms with van der Waals surface area (Å²) in [5.74, 6) is 0. The van der Waals surface area contributed by atoms with Crippen LogP contribution in [0.5, 0.6) is 0 Å². The van der Waals surface area contributed by atoms with Crippen molar-refractivity contribution in [3.63, 3.8) is 0 Å². The summed E-state index contributed by atoms with van der Waals surface area (Å²) >= 11 is 0. The molecular formula is C10H12O2S. The quantitative estimate of drug-likeness (QED) is 0.675. The van der Waals surface area contributed by atoms with Crippen molar-refractivity contribution in [3.05, 3.63) is 29.8 Å². The van der Waals surface area contributed by atoms with Crippen molar-refractivity contribution in [2.75, 3.05) is 0 Å². The summed E-state index contributed by atoms with van der Waals surface area (Å²) in [6.07, 6.45) is 0.155. The van der Waals surface area contributed by atoms with Crippen LogP contribution in [0.15, 0.2) is 29.2 Å². The molecule has 0 unspecified atom stereocenters. The highest BCUT2D eigenvalue weighted by Crippen LogP contribution is 2.28. The molecule has 1 aliphatic heterocycles. The highest BCUT2D eigenvalue weighted by Gasteiger charge is 2.40. The van der Waals surface area contributed by atoms with E-state index in [9.17, 15) is 4.21 Å². The molecule has 0 amide bonds. The molecule has 3 atom stereocenters. The summed E-state index contributed by atoms with van der Waals surface area (Å²) in [4.78, 5) is 0.861. The molecule has 70 valence electrons. The number of epoxide rings is 1. The van der Waals surface area contributed by atoms with Gasteiger partial charge in [0.1, 0.15) is 0 Å². The molecule has 0 aliphatic carbocycles. The molecule has 1 heterocycles. The van der Waals surface area contributed by atoms with E-state index in [1.165, 1.54) is 5.56 Å². The van der Waals surface area contributed by atoms with Crippen LogP contribution < -0.4 is 0 Å². The van der Waals surface area contributed by atoms with Gasteiger partial charge in [0, 0.05) is 4.90 Å². The Morgan fingerprint density at radius 3 is 2.31 bits per heavy atom. The first kappa shape index (κ1) is 8.91. The average molecular weight is 196 g/mol. The minimum Gasteiger partial charge on any atom is -0.355 e. The third-order valence-electron chi connectivity index (χ3n) is 2.12. The van der Waals surface area contributed by atoms with Crippen molar-refractivity contribution >= 4 is 10.8 Å². The van der Waals surface area contributed by atoms with Crippen molar-refractivity contribution in [1.82, 2.24) is 0 Å². The van der Waals surface area contributed by atoms with E-state index in [0.29, 0.717) is 0 Å². The van der Waals surface area contributed by atoms with Crippen LogP contribution in [0.1, 0.15) is 12.5 Å². The van der Waals surface area contributed by atoms with Crippen LogP contribution in [0.4, 0.5) is 0 Å². The molecular weight excluding hydrogens is 184 g/mol. The number of rotatable bonds is 2. The molecule has 0 N–H and O–H groups in total. The Morgan fingerprint density at radius 2 is 1.85 bits per heavy atom. The minimum absolute atomic E-state index is 0.0808. The molecule has 1 saturated heterocycles. The molecule has 1 aromatic carbocycles. The molecule has 0 saturated carbocycles. The van der Waals surface area contributed by atoms with Crippen molar-refractivity contribution in [1.29, 1.82) is 0 Å². The van der Waals surface area contributed by atoms with Crippen LogP contribution in [0, 0.1) is 6.92 Å². The first-order valence-electron chi connectivity index (χ1n) is 4.31. The standard InChI is InChI=1S/C10H12O2S/c1-7-3-5-9(6-4-7)13(11)10-8(2)12-10/h3-6,8,10H,1-2H3/t8-,10+,13+/m1/s1. The molecule has 0 bridgehead atoms. The zero-order valence-electron chi connectivity index (χ0n) is 7.69. The Bertz CT molecular complexity index is 331. The highest BCUT2D eigenvalue weighted by molar-refractivity contribution is 7.85. The molecule has 2 rings (SSSR count). The SMILES string of the molecule is Cc1ccc([S@](=O)[C@@H]2O[C@@H]2C)cc1. The van der Waals surface area contributed by atoms with E-state index < -0.39 is 10.8 Å². The van der Waals surface area contributed by atoms with E-state index in [1.807, 2.05) is 38.1 Å². The minimum atomic E-state index is -0.985. The predicted octanol–water partition coefficient (Wildman–Crippen LogP) is 1.85. The van der Waals surface area contributed by atoms with E-state index in [2.05, 4.69) is 0 Å². The Labute approximate surface area is 80.4 Å². The zero-order valence-corrected chi connectivity index (χ0v) is 8.51. The molecule has 2 nitrogen and oxygen atoms in total. The second kappa shape index (κ2) is 3.24. The first-order valence-corrected chi connectivity index (χ1v) is 5.52. The van der Waals surface area contributed by atoms with E-state index >= 15 is 0 Å². The molecule has 0 spiro atoms. The summed E-state index contributed by atoms with van der Waals surface area (Å²) in [5.41, 5.74) is 1.10. The van der Waals surface area contributed by atoms with Gasteiger partial charge in [-0.1, -0.05) is 17.7 Å². The van der Waals surface area contributed by atoms with Gasteiger partial charge in [-0.15, -0.1) is 0 Å². The normalized spacial score (nSPS) is 28.5. The molecule has 0 radical (unpaired) electrons. The fraction of sp³-hybridized carbons (Fsp3) is 0.400. The maximum absolute atomic E-state index is 11.7. The fourth-order valence-electron chi connectivity index (χ4n) is 1.20. The molecule has 3 heteroatoms. The van der Waals surface area contributed by atoms with Gasteiger partial charge in [0.05, 0.1) is 16.9 Å². The summed E-state index contributed by atoms with van der Waals surface area (Å²) < 4.78 is 16.9. The first-order chi connectivity index (χ1) is 6.18. The Hall–Kier alpha value is -0.670. The number of ether oxygens (including phenoxy) is 1. The lowest BCUT2D eigenvalue weighted by Crippen LogP contribution is -2.01. The van der Waals surface area contributed by atoms with Gasteiger partial charge in [-0.25, -0.2) is 0 Å². The highest BCUT2D eigenvalue weighted by atomic mass is 32.2. The summed E-state index contributed by atoms with van der Waals surface area (Å²) in [6.45, 7) is 3.96. The molecule has 1 aromatic rings. The molecule has 1 aliphatic rings.